The van der Waals surface area contributed by atoms with Gasteiger partial charge in [-0.05, 0) is 6.07 Å². The van der Waals surface area contributed by atoms with Crippen molar-refractivity contribution in [2.45, 2.75) is 5.54 Å². The minimum atomic E-state index is -1.52. The Labute approximate surface area is 102 Å². The maximum atomic E-state index is 11.8. The molecule has 0 fully saturated rings. The molecule has 0 radical (unpaired) electrons. The topological polar surface area (TPSA) is 125 Å². The van der Waals surface area contributed by atoms with Gasteiger partial charge in [0.2, 0.25) is 0 Å². The first-order chi connectivity index (χ1) is 8.48. The van der Waals surface area contributed by atoms with Crippen LogP contribution in [0.5, 0.6) is 0 Å². The van der Waals surface area contributed by atoms with Crippen molar-refractivity contribution in [1.29, 1.82) is 0 Å². The van der Waals surface area contributed by atoms with Crippen LogP contribution in [0.15, 0.2) is 16.9 Å². The second kappa shape index (κ2) is 5.71. The van der Waals surface area contributed by atoms with E-state index in [1.807, 2.05) is 0 Å². The monoisotopic (exact) mass is 257 g/mol. The predicted molar refractivity (Wildman–Crippen MR) is 60.9 cm³/mol. The Bertz CT molecular complexity index is 472. The van der Waals surface area contributed by atoms with Crippen LogP contribution in [0.4, 0.5) is 0 Å². The molecular weight excluding hydrogens is 242 g/mol. The third kappa shape index (κ3) is 2.92. The molecule has 0 aromatic carbocycles. The second-order valence-corrected chi connectivity index (χ2v) is 3.89. The summed E-state index contributed by atoms with van der Waals surface area (Å²) in [4.78, 5) is 22.9. The largest absolute Gasteiger partial charge is 0.394 e. The molecule has 8 heteroatoms. The summed E-state index contributed by atoms with van der Waals surface area (Å²) in [6, 6.07) is 2.38. The van der Waals surface area contributed by atoms with Crippen LogP contribution >= 0.6 is 0 Å². The molecule has 4 N–H and O–H groups in total. The minimum Gasteiger partial charge on any atom is -0.394 e. The van der Waals surface area contributed by atoms with E-state index in [1.54, 1.807) is 0 Å². The Morgan fingerprint density at radius 1 is 1.33 bits per heavy atom. The number of hydrogen-bond donors (Lipinski definition) is 4. The Hall–Kier alpha value is -1.77. The summed E-state index contributed by atoms with van der Waals surface area (Å²) >= 11 is 0. The maximum absolute atomic E-state index is 11.8. The lowest BCUT2D eigenvalue weighted by molar-refractivity contribution is 0.0372. The van der Waals surface area contributed by atoms with Crippen molar-refractivity contribution >= 4 is 5.91 Å². The number of carbonyl (C=O) groups excluding carboxylic acids is 1. The fraction of sp³-hybridized carbons (Fsp3) is 0.500. The average Bonchev–Trinajstić information content (AvgIpc) is 2.39. The highest BCUT2D eigenvalue weighted by molar-refractivity contribution is 5.92. The number of nitrogens with one attached hydrogen (secondary N) is 1. The number of rotatable bonds is 5. The third-order valence-corrected chi connectivity index (χ3v) is 2.48. The first kappa shape index (κ1) is 14.3. The molecule has 0 unspecified atom stereocenters. The smallest absolute Gasteiger partial charge is 0.272 e. The van der Waals surface area contributed by atoms with Crippen molar-refractivity contribution in [2.75, 3.05) is 19.8 Å². The van der Waals surface area contributed by atoms with E-state index >= 15 is 0 Å². The van der Waals surface area contributed by atoms with Crippen LogP contribution in [0.2, 0.25) is 0 Å². The molecule has 1 aromatic heterocycles. The summed E-state index contributed by atoms with van der Waals surface area (Å²) < 4.78 is 0.980. The fourth-order valence-corrected chi connectivity index (χ4v) is 1.20. The van der Waals surface area contributed by atoms with E-state index in [1.165, 1.54) is 19.2 Å². The summed E-state index contributed by atoms with van der Waals surface area (Å²) in [5.41, 5.74) is -1.95. The van der Waals surface area contributed by atoms with Crippen molar-refractivity contribution in [3.8, 4) is 0 Å². The number of carbonyl (C=O) groups is 1. The average molecular weight is 257 g/mol. The van der Waals surface area contributed by atoms with Gasteiger partial charge in [0.05, 0.1) is 19.8 Å². The van der Waals surface area contributed by atoms with E-state index < -0.39 is 31.3 Å². The molecule has 0 saturated carbocycles. The molecule has 8 nitrogen and oxygen atoms in total. The fourth-order valence-electron chi connectivity index (χ4n) is 1.20. The molecule has 1 rings (SSSR count). The van der Waals surface area contributed by atoms with Gasteiger partial charge in [-0.2, -0.15) is 5.10 Å². The Morgan fingerprint density at radius 2 is 1.89 bits per heavy atom. The van der Waals surface area contributed by atoms with Crippen LogP contribution in [-0.2, 0) is 7.05 Å². The van der Waals surface area contributed by atoms with Gasteiger partial charge in [-0.1, -0.05) is 0 Å². The second-order valence-electron chi connectivity index (χ2n) is 3.89. The first-order valence-corrected chi connectivity index (χ1v) is 5.17. The van der Waals surface area contributed by atoms with Crippen molar-refractivity contribution in [3.05, 3.63) is 28.2 Å². The highest BCUT2D eigenvalue weighted by Gasteiger charge is 2.30. The standard InChI is InChI=1S/C10H15N3O5/c1-13-8(17)3-2-7(12-13)9(18)11-10(4-14,5-15)6-16/h2-3,14-16H,4-6H2,1H3,(H,11,18). The molecule has 0 aliphatic heterocycles. The number of hydrogen-bond acceptors (Lipinski definition) is 6. The van der Waals surface area contributed by atoms with E-state index in [4.69, 9.17) is 15.3 Å². The normalized spacial score (nSPS) is 11.3. The zero-order valence-corrected chi connectivity index (χ0v) is 9.83. The number of nitrogens with zero attached hydrogens (tertiary/aromatic N) is 2. The van der Waals surface area contributed by atoms with Crippen LogP contribution in [0.3, 0.4) is 0 Å². The SMILES string of the molecule is Cn1nc(C(=O)NC(CO)(CO)CO)ccc1=O. The van der Waals surface area contributed by atoms with E-state index in [9.17, 15) is 9.59 Å². The van der Waals surface area contributed by atoms with Crippen molar-refractivity contribution < 1.29 is 20.1 Å². The van der Waals surface area contributed by atoms with Gasteiger partial charge in [0.25, 0.3) is 11.5 Å². The molecule has 1 amide bonds. The quantitative estimate of drug-likeness (QED) is 0.452. The molecule has 0 atom stereocenters. The third-order valence-electron chi connectivity index (χ3n) is 2.48. The summed E-state index contributed by atoms with van der Waals surface area (Å²) in [5, 5.41) is 33.2. The number of aliphatic hydroxyl groups is 3. The summed E-state index contributed by atoms with van der Waals surface area (Å²) in [6.45, 7) is -1.88. The van der Waals surface area contributed by atoms with E-state index in [2.05, 4.69) is 10.4 Å². The molecule has 0 spiro atoms. The van der Waals surface area contributed by atoms with Gasteiger partial charge in [0.15, 0.2) is 0 Å². The maximum Gasteiger partial charge on any atom is 0.272 e. The molecule has 0 aliphatic carbocycles. The summed E-state index contributed by atoms with van der Waals surface area (Å²) in [6.07, 6.45) is 0. The lowest BCUT2D eigenvalue weighted by atomic mass is 10.0. The molecular formula is C10H15N3O5. The van der Waals surface area contributed by atoms with Crippen LogP contribution in [0, 0.1) is 0 Å². The van der Waals surface area contributed by atoms with E-state index in [0.717, 1.165) is 4.68 Å². The van der Waals surface area contributed by atoms with Crippen molar-refractivity contribution in [2.24, 2.45) is 7.05 Å². The Morgan fingerprint density at radius 3 is 2.33 bits per heavy atom. The lowest BCUT2D eigenvalue weighted by Crippen LogP contribution is -2.57. The van der Waals surface area contributed by atoms with Crippen LogP contribution in [0.25, 0.3) is 0 Å². The van der Waals surface area contributed by atoms with E-state index in [-0.39, 0.29) is 11.3 Å². The predicted octanol–water partition coefficient (Wildman–Crippen LogP) is -2.77. The number of aliphatic hydroxyl groups excluding tert-OH is 3. The minimum absolute atomic E-state index is 0.0585. The zero-order chi connectivity index (χ0) is 13.8. The number of amides is 1. The van der Waals surface area contributed by atoms with Gasteiger partial charge in [0, 0.05) is 13.1 Å². The van der Waals surface area contributed by atoms with Gasteiger partial charge in [-0.25, -0.2) is 4.68 Å². The zero-order valence-electron chi connectivity index (χ0n) is 9.83. The Kier molecular flexibility index (Phi) is 4.54. The number of aromatic nitrogens is 2. The van der Waals surface area contributed by atoms with Gasteiger partial charge in [-0.15, -0.1) is 0 Å². The molecule has 18 heavy (non-hydrogen) atoms. The molecule has 100 valence electrons. The Balaban J connectivity index is 2.94. The van der Waals surface area contributed by atoms with Crippen molar-refractivity contribution in [1.82, 2.24) is 15.1 Å². The molecule has 0 bridgehead atoms. The van der Waals surface area contributed by atoms with Crippen molar-refractivity contribution in [3.63, 3.8) is 0 Å². The van der Waals surface area contributed by atoms with Gasteiger partial charge in [-0.3, -0.25) is 9.59 Å². The highest BCUT2D eigenvalue weighted by Crippen LogP contribution is 2.03. The molecule has 0 aliphatic rings. The number of aryl methyl sites for hydroxylation is 1. The van der Waals surface area contributed by atoms with E-state index in [0.29, 0.717) is 0 Å². The van der Waals surface area contributed by atoms with Gasteiger partial charge >= 0.3 is 0 Å². The van der Waals surface area contributed by atoms with Gasteiger partial charge in [0.1, 0.15) is 11.2 Å². The molecule has 1 aromatic rings. The molecule has 0 saturated heterocycles. The van der Waals surface area contributed by atoms with Crippen LogP contribution < -0.4 is 10.9 Å². The van der Waals surface area contributed by atoms with Crippen LogP contribution in [-0.4, -0.2) is 56.4 Å². The summed E-state index contributed by atoms with van der Waals surface area (Å²) in [7, 11) is 1.39. The first-order valence-electron chi connectivity index (χ1n) is 5.17. The summed E-state index contributed by atoms with van der Waals surface area (Å²) in [5.74, 6) is -0.706. The van der Waals surface area contributed by atoms with Gasteiger partial charge < -0.3 is 20.6 Å². The highest BCUT2D eigenvalue weighted by atomic mass is 16.3. The molecule has 1 heterocycles. The van der Waals surface area contributed by atoms with Crippen LogP contribution in [0.1, 0.15) is 10.5 Å². The lowest BCUT2D eigenvalue weighted by Gasteiger charge is -2.28.